The first-order valence-electron chi connectivity index (χ1n) is 9.47. The molecule has 0 spiro atoms. The molecule has 0 aromatic heterocycles. The van der Waals surface area contributed by atoms with E-state index in [9.17, 15) is 0 Å². The summed E-state index contributed by atoms with van der Waals surface area (Å²) in [4.78, 5) is 5.04. The fourth-order valence-electron chi connectivity index (χ4n) is 3.29. The van der Waals surface area contributed by atoms with Crippen LogP contribution in [0.15, 0.2) is 114 Å². The van der Waals surface area contributed by atoms with Crippen LogP contribution in [-0.2, 0) is 0 Å². The molecule has 2 nitrogen and oxygen atoms in total. The summed E-state index contributed by atoms with van der Waals surface area (Å²) in [5.74, 6) is 0. The summed E-state index contributed by atoms with van der Waals surface area (Å²) in [5, 5.41) is 7.31. The number of benzene rings is 3. The Morgan fingerprint density at radius 1 is 0.786 bits per heavy atom. The molecule has 1 aliphatic heterocycles. The normalized spacial score (nSPS) is 16.2. The van der Waals surface area contributed by atoms with Gasteiger partial charge in [-0.25, -0.2) is 0 Å². The number of dihydropyridines is 1. The molecule has 0 aliphatic carbocycles. The summed E-state index contributed by atoms with van der Waals surface area (Å²) in [6, 6.07) is 30.2. The maximum Gasteiger partial charge on any atom is 0.0826 e. The number of hydrogen-bond donors (Lipinski definition) is 1. The van der Waals surface area contributed by atoms with Crippen molar-refractivity contribution in [2.45, 2.75) is 13.0 Å². The van der Waals surface area contributed by atoms with E-state index >= 15 is 0 Å². The molecular weight excluding hydrogens is 359 g/mol. The van der Waals surface area contributed by atoms with Crippen molar-refractivity contribution in [3.8, 4) is 0 Å². The van der Waals surface area contributed by atoms with Crippen LogP contribution >= 0.6 is 7.92 Å². The van der Waals surface area contributed by atoms with E-state index in [1.54, 1.807) is 0 Å². The first-order chi connectivity index (χ1) is 13.8. The van der Waals surface area contributed by atoms with Gasteiger partial charge in [0.05, 0.1) is 11.7 Å². The van der Waals surface area contributed by atoms with Gasteiger partial charge < -0.3 is 5.32 Å². The third kappa shape index (κ3) is 4.13. The van der Waals surface area contributed by atoms with Gasteiger partial charge in [-0.3, -0.25) is 4.99 Å². The van der Waals surface area contributed by atoms with E-state index in [0.717, 1.165) is 11.4 Å². The van der Waals surface area contributed by atoms with Crippen molar-refractivity contribution in [3.05, 3.63) is 109 Å². The van der Waals surface area contributed by atoms with Crippen molar-refractivity contribution in [1.29, 1.82) is 0 Å². The molecule has 0 saturated carbocycles. The summed E-state index contributed by atoms with van der Waals surface area (Å²) in [7, 11) is -0.674. The summed E-state index contributed by atoms with van der Waals surface area (Å²) >= 11 is 0. The fraction of sp³-hybridized carbons (Fsp3) is 0.0800. The topological polar surface area (TPSA) is 24.4 Å². The molecule has 3 aromatic carbocycles. The van der Waals surface area contributed by atoms with Crippen molar-refractivity contribution in [1.82, 2.24) is 5.32 Å². The Kier molecular flexibility index (Phi) is 5.80. The van der Waals surface area contributed by atoms with E-state index in [4.69, 9.17) is 4.99 Å². The molecule has 4 rings (SSSR count). The molecule has 3 heteroatoms. The molecule has 0 saturated heterocycles. The van der Waals surface area contributed by atoms with Gasteiger partial charge in [0.2, 0.25) is 0 Å². The first-order valence-corrected chi connectivity index (χ1v) is 10.8. The molecule has 0 fully saturated rings. The molecule has 1 aliphatic rings. The van der Waals surface area contributed by atoms with Gasteiger partial charge in [0.1, 0.15) is 0 Å². The third-order valence-electron chi connectivity index (χ3n) is 4.68. The van der Waals surface area contributed by atoms with Crippen LogP contribution in [0.4, 0.5) is 5.69 Å². The summed E-state index contributed by atoms with van der Waals surface area (Å²) in [6.07, 6.45) is 8.17. The third-order valence-corrected chi connectivity index (χ3v) is 7.17. The zero-order chi connectivity index (χ0) is 19.2. The summed E-state index contributed by atoms with van der Waals surface area (Å²) in [6.45, 7) is 2.09. The van der Waals surface area contributed by atoms with Gasteiger partial charge in [-0.15, -0.1) is 0 Å². The molecule has 0 radical (unpaired) electrons. The summed E-state index contributed by atoms with van der Waals surface area (Å²) < 4.78 is 0. The Balaban J connectivity index is 1.80. The minimum atomic E-state index is -0.674. The van der Waals surface area contributed by atoms with Gasteiger partial charge in [-0.2, -0.15) is 0 Å². The maximum atomic E-state index is 5.04. The van der Waals surface area contributed by atoms with Crippen LogP contribution in [-0.4, -0.2) is 11.8 Å². The van der Waals surface area contributed by atoms with Crippen LogP contribution in [0.3, 0.4) is 0 Å². The average molecular weight is 382 g/mol. The zero-order valence-electron chi connectivity index (χ0n) is 15.9. The van der Waals surface area contributed by atoms with E-state index in [0.29, 0.717) is 0 Å². The highest BCUT2D eigenvalue weighted by molar-refractivity contribution is 7.80. The van der Waals surface area contributed by atoms with E-state index in [1.807, 2.05) is 12.3 Å². The number of aliphatic imine (C=N–C) groups is 1. The predicted molar refractivity (Wildman–Crippen MR) is 123 cm³/mol. The molecule has 3 aromatic rings. The fourth-order valence-corrected chi connectivity index (χ4v) is 5.68. The number of allylic oxidation sites excluding steroid dienone is 2. The number of nitrogens with zero attached hydrogens (tertiary/aromatic N) is 1. The minimum absolute atomic E-state index is 0.137. The molecule has 1 heterocycles. The second-order valence-electron chi connectivity index (χ2n) is 6.64. The van der Waals surface area contributed by atoms with Gasteiger partial charge in [0, 0.05) is 11.0 Å². The van der Waals surface area contributed by atoms with Crippen molar-refractivity contribution in [3.63, 3.8) is 0 Å². The van der Waals surface area contributed by atoms with E-state index in [-0.39, 0.29) is 6.04 Å². The van der Waals surface area contributed by atoms with Crippen molar-refractivity contribution in [2.75, 3.05) is 0 Å². The van der Waals surface area contributed by atoms with Gasteiger partial charge in [0.25, 0.3) is 0 Å². The van der Waals surface area contributed by atoms with Crippen LogP contribution in [0.25, 0.3) is 0 Å². The lowest BCUT2D eigenvalue weighted by Crippen LogP contribution is -2.31. The Hall–Kier alpha value is -2.96. The molecule has 0 amide bonds. The number of rotatable bonds is 5. The first kappa shape index (κ1) is 18.4. The SMILES string of the molecule is CC(=Nc1ccccc1P(c1ccccc1)c1ccccc1)C1C=CC=CN1. The molecule has 1 N–H and O–H groups in total. The lowest BCUT2D eigenvalue weighted by Gasteiger charge is -2.22. The van der Waals surface area contributed by atoms with Crippen LogP contribution in [0.1, 0.15) is 6.92 Å². The van der Waals surface area contributed by atoms with Crippen molar-refractivity contribution >= 4 is 35.2 Å². The highest BCUT2D eigenvalue weighted by atomic mass is 31.1. The highest BCUT2D eigenvalue weighted by Crippen LogP contribution is 2.36. The Morgan fingerprint density at radius 3 is 2.00 bits per heavy atom. The van der Waals surface area contributed by atoms with Crippen LogP contribution in [0.5, 0.6) is 0 Å². The van der Waals surface area contributed by atoms with Gasteiger partial charge in [0.15, 0.2) is 0 Å². The van der Waals surface area contributed by atoms with Crippen LogP contribution < -0.4 is 21.2 Å². The van der Waals surface area contributed by atoms with Crippen LogP contribution in [0.2, 0.25) is 0 Å². The average Bonchev–Trinajstić information content (AvgIpc) is 2.77. The minimum Gasteiger partial charge on any atom is -0.380 e. The predicted octanol–water partition coefficient (Wildman–Crippen LogP) is 4.58. The van der Waals surface area contributed by atoms with Gasteiger partial charge in [-0.1, -0.05) is 91.0 Å². The molecular formula is C25H23N2P. The number of para-hydroxylation sites is 1. The van der Waals surface area contributed by atoms with E-state index < -0.39 is 7.92 Å². The van der Waals surface area contributed by atoms with E-state index in [2.05, 4.69) is 109 Å². The van der Waals surface area contributed by atoms with Crippen molar-refractivity contribution < 1.29 is 0 Å². The standard InChI is InChI=1S/C25H23N2P/c1-20(23-16-10-11-19-26-23)27-24-17-8-9-18-25(24)28(21-12-4-2-5-13-21)22-14-6-3-7-15-22/h2-19,23,26H,1H3. The molecule has 1 atom stereocenters. The monoisotopic (exact) mass is 382 g/mol. The molecule has 28 heavy (non-hydrogen) atoms. The van der Waals surface area contributed by atoms with E-state index in [1.165, 1.54) is 15.9 Å². The second-order valence-corrected chi connectivity index (χ2v) is 8.82. The second kappa shape index (κ2) is 8.82. The van der Waals surface area contributed by atoms with Crippen LogP contribution in [0, 0.1) is 0 Å². The highest BCUT2D eigenvalue weighted by Gasteiger charge is 2.19. The lowest BCUT2D eigenvalue weighted by atomic mass is 10.1. The zero-order valence-corrected chi connectivity index (χ0v) is 16.8. The Bertz CT molecular complexity index is 967. The summed E-state index contributed by atoms with van der Waals surface area (Å²) in [5.41, 5.74) is 2.10. The molecule has 138 valence electrons. The lowest BCUT2D eigenvalue weighted by molar-refractivity contribution is 0.860. The molecule has 1 unspecified atom stereocenters. The Labute approximate surface area is 168 Å². The number of hydrogen-bond acceptors (Lipinski definition) is 2. The molecule has 0 bridgehead atoms. The quantitative estimate of drug-likeness (QED) is 0.507. The smallest absolute Gasteiger partial charge is 0.0826 e. The number of nitrogens with one attached hydrogen (secondary N) is 1. The maximum absolute atomic E-state index is 5.04. The largest absolute Gasteiger partial charge is 0.380 e. The van der Waals surface area contributed by atoms with Gasteiger partial charge >= 0.3 is 0 Å². The van der Waals surface area contributed by atoms with Crippen molar-refractivity contribution in [2.24, 2.45) is 4.99 Å². The van der Waals surface area contributed by atoms with Gasteiger partial charge in [-0.05, 0) is 43.8 Å². The Morgan fingerprint density at radius 2 is 1.39 bits per heavy atom.